The van der Waals surface area contributed by atoms with Crippen LogP contribution in [0, 0.1) is 0 Å². The quantitative estimate of drug-likeness (QED) is 0.383. The number of nitrogens with zero attached hydrogens (tertiary/aromatic N) is 1. The van der Waals surface area contributed by atoms with Gasteiger partial charge >= 0.3 is 0 Å². The van der Waals surface area contributed by atoms with E-state index in [-0.39, 0.29) is 11.3 Å². The average Bonchev–Trinajstić information content (AvgIpc) is 3.06. The lowest BCUT2D eigenvalue weighted by Crippen LogP contribution is -2.29. The van der Waals surface area contributed by atoms with Crippen LogP contribution in [0.5, 0.6) is 5.75 Å². The molecule has 1 fully saturated rings. The van der Waals surface area contributed by atoms with E-state index >= 15 is 0 Å². The Bertz CT molecular complexity index is 1090. The van der Waals surface area contributed by atoms with Crippen molar-refractivity contribution in [2.24, 2.45) is 0 Å². The number of para-hydroxylation sites is 1. The van der Waals surface area contributed by atoms with Gasteiger partial charge in [0, 0.05) is 11.3 Å². The number of aliphatic hydroxyl groups excluding tert-OH is 1. The highest BCUT2D eigenvalue weighted by Gasteiger charge is 2.46. The number of hydrogen-bond donors (Lipinski definition) is 1. The van der Waals surface area contributed by atoms with Gasteiger partial charge in [-0.15, -0.1) is 0 Å². The summed E-state index contributed by atoms with van der Waals surface area (Å²) in [6.45, 7) is 2.42. The molecule has 5 nitrogen and oxygen atoms in total. The molecule has 0 aliphatic carbocycles. The number of Topliss-reactive ketones (excluding diaryl/α,β-unsaturated/α-hetero) is 1. The van der Waals surface area contributed by atoms with E-state index in [9.17, 15) is 14.7 Å². The first-order valence-electron chi connectivity index (χ1n) is 9.76. The van der Waals surface area contributed by atoms with Gasteiger partial charge in [0.15, 0.2) is 0 Å². The van der Waals surface area contributed by atoms with Crippen LogP contribution in [-0.2, 0) is 9.59 Å². The topological polar surface area (TPSA) is 66.8 Å². The molecule has 0 saturated carbocycles. The fourth-order valence-corrected chi connectivity index (χ4v) is 3.67. The van der Waals surface area contributed by atoms with E-state index in [2.05, 4.69) is 0 Å². The number of carbonyl (C=O) groups is 2. The maximum atomic E-state index is 13.0. The van der Waals surface area contributed by atoms with Gasteiger partial charge in [-0.25, -0.2) is 0 Å². The van der Waals surface area contributed by atoms with Gasteiger partial charge in [-0.05, 0) is 48.9 Å². The normalized spacial score (nSPS) is 17.9. The first kappa shape index (κ1) is 19.5. The minimum atomic E-state index is -0.722. The SMILES string of the molecule is CCOc1ccc(/C(O)=C2\C(=O)C(=O)N(c3ccccc3)[C@H]2c2ccccc2)cc1. The number of carbonyl (C=O) groups excluding carboxylic acids is 2. The number of benzene rings is 3. The van der Waals surface area contributed by atoms with Crippen LogP contribution in [0.3, 0.4) is 0 Å². The standard InChI is InChI=1S/C25H21NO4/c1-2-30-20-15-13-18(14-16-20)23(27)21-22(17-9-5-3-6-10-17)26(25(29)24(21)28)19-11-7-4-8-12-19/h3-16,22,27H,2H2,1H3/b23-21+/t22-/m0/s1. The van der Waals surface area contributed by atoms with Crippen LogP contribution in [0.2, 0.25) is 0 Å². The largest absolute Gasteiger partial charge is 0.507 e. The molecule has 30 heavy (non-hydrogen) atoms. The van der Waals surface area contributed by atoms with E-state index in [1.807, 2.05) is 55.5 Å². The summed E-state index contributed by atoms with van der Waals surface area (Å²) in [6, 6.07) is 24.3. The summed E-state index contributed by atoms with van der Waals surface area (Å²) in [5.74, 6) is -0.913. The van der Waals surface area contributed by atoms with Crippen molar-refractivity contribution in [3.8, 4) is 5.75 Å². The van der Waals surface area contributed by atoms with Gasteiger partial charge in [-0.2, -0.15) is 0 Å². The molecule has 1 aliphatic heterocycles. The number of ether oxygens (including phenoxy) is 1. The Labute approximate surface area is 174 Å². The molecule has 3 aromatic rings. The molecule has 1 aliphatic rings. The highest BCUT2D eigenvalue weighted by atomic mass is 16.5. The second-order valence-corrected chi connectivity index (χ2v) is 6.87. The van der Waals surface area contributed by atoms with Crippen molar-refractivity contribution >= 4 is 23.1 Å². The van der Waals surface area contributed by atoms with Crippen LogP contribution in [0.25, 0.3) is 5.76 Å². The Morgan fingerprint density at radius 3 is 2.10 bits per heavy atom. The summed E-state index contributed by atoms with van der Waals surface area (Å²) in [4.78, 5) is 27.5. The molecule has 1 amide bonds. The van der Waals surface area contributed by atoms with Gasteiger partial charge < -0.3 is 9.84 Å². The van der Waals surface area contributed by atoms with Crippen molar-refractivity contribution in [1.29, 1.82) is 0 Å². The van der Waals surface area contributed by atoms with Gasteiger partial charge in [0.05, 0.1) is 18.2 Å². The number of ketones is 1. The molecule has 5 heteroatoms. The average molecular weight is 399 g/mol. The third-order valence-electron chi connectivity index (χ3n) is 5.03. The predicted octanol–water partition coefficient (Wildman–Crippen LogP) is 4.71. The van der Waals surface area contributed by atoms with Crippen molar-refractivity contribution in [3.63, 3.8) is 0 Å². The molecule has 0 radical (unpaired) electrons. The second-order valence-electron chi connectivity index (χ2n) is 6.87. The van der Waals surface area contributed by atoms with E-state index in [0.717, 1.165) is 5.56 Å². The minimum absolute atomic E-state index is 0.0687. The van der Waals surface area contributed by atoms with E-state index in [1.54, 1.807) is 36.4 Å². The lowest BCUT2D eigenvalue weighted by atomic mass is 9.95. The van der Waals surface area contributed by atoms with Crippen molar-refractivity contribution < 1.29 is 19.4 Å². The fourth-order valence-electron chi connectivity index (χ4n) is 3.67. The first-order chi connectivity index (χ1) is 14.6. The molecule has 1 saturated heterocycles. The zero-order chi connectivity index (χ0) is 21.1. The van der Waals surface area contributed by atoms with Crippen molar-refractivity contribution in [1.82, 2.24) is 0 Å². The molecule has 3 aromatic carbocycles. The lowest BCUT2D eigenvalue weighted by Gasteiger charge is -2.25. The van der Waals surface area contributed by atoms with E-state index < -0.39 is 17.7 Å². The van der Waals surface area contributed by atoms with Crippen molar-refractivity contribution in [3.05, 3.63) is 102 Å². The molecule has 0 aromatic heterocycles. The summed E-state index contributed by atoms with van der Waals surface area (Å²) in [5, 5.41) is 11.1. The van der Waals surface area contributed by atoms with E-state index in [0.29, 0.717) is 23.6 Å². The van der Waals surface area contributed by atoms with Gasteiger partial charge in [0.1, 0.15) is 11.5 Å². The third-order valence-corrected chi connectivity index (χ3v) is 5.03. The Morgan fingerprint density at radius 2 is 1.50 bits per heavy atom. The Hall–Kier alpha value is -3.86. The smallest absolute Gasteiger partial charge is 0.300 e. The van der Waals surface area contributed by atoms with Crippen LogP contribution in [0.1, 0.15) is 24.1 Å². The molecule has 0 bridgehead atoms. The molecule has 150 valence electrons. The number of amides is 1. The number of aliphatic hydroxyl groups is 1. The Morgan fingerprint density at radius 1 is 0.900 bits per heavy atom. The summed E-state index contributed by atoms with van der Waals surface area (Å²) >= 11 is 0. The maximum Gasteiger partial charge on any atom is 0.300 e. The Kier molecular flexibility index (Phi) is 5.35. The monoisotopic (exact) mass is 399 g/mol. The van der Waals surface area contributed by atoms with Crippen molar-refractivity contribution in [2.75, 3.05) is 11.5 Å². The third kappa shape index (κ3) is 3.46. The van der Waals surface area contributed by atoms with Gasteiger partial charge in [0.2, 0.25) is 0 Å². The van der Waals surface area contributed by atoms with Gasteiger partial charge in [-0.1, -0.05) is 48.5 Å². The molecule has 4 rings (SSSR count). The molecular formula is C25H21NO4. The molecule has 0 unspecified atom stereocenters. The van der Waals surface area contributed by atoms with Gasteiger partial charge in [0.25, 0.3) is 11.7 Å². The number of anilines is 1. The second kappa shape index (κ2) is 8.25. The van der Waals surface area contributed by atoms with E-state index in [1.165, 1.54) is 4.90 Å². The van der Waals surface area contributed by atoms with Gasteiger partial charge in [-0.3, -0.25) is 14.5 Å². The van der Waals surface area contributed by atoms with Crippen LogP contribution >= 0.6 is 0 Å². The molecule has 1 atom stereocenters. The highest BCUT2D eigenvalue weighted by molar-refractivity contribution is 6.51. The van der Waals surface area contributed by atoms with Crippen LogP contribution in [0.15, 0.2) is 90.5 Å². The zero-order valence-corrected chi connectivity index (χ0v) is 16.5. The van der Waals surface area contributed by atoms with Crippen LogP contribution in [-0.4, -0.2) is 23.4 Å². The van der Waals surface area contributed by atoms with Crippen molar-refractivity contribution in [2.45, 2.75) is 13.0 Å². The van der Waals surface area contributed by atoms with Crippen LogP contribution in [0.4, 0.5) is 5.69 Å². The summed E-state index contributed by atoms with van der Waals surface area (Å²) < 4.78 is 5.44. The lowest BCUT2D eigenvalue weighted by molar-refractivity contribution is -0.132. The minimum Gasteiger partial charge on any atom is -0.507 e. The molecule has 0 spiro atoms. The summed E-state index contributed by atoms with van der Waals surface area (Å²) in [6.07, 6.45) is 0. The summed E-state index contributed by atoms with van der Waals surface area (Å²) in [5.41, 5.74) is 1.86. The molecule has 1 heterocycles. The predicted molar refractivity (Wildman–Crippen MR) is 115 cm³/mol. The van der Waals surface area contributed by atoms with E-state index in [4.69, 9.17) is 4.74 Å². The number of hydrogen-bond acceptors (Lipinski definition) is 4. The molecular weight excluding hydrogens is 378 g/mol. The highest BCUT2D eigenvalue weighted by Crippen LogP contribution is 2.42. The maximum absolute atomic E-state index is 13.0. The first-order valence-corrected chi connectivity index (χ1v) is 9.76. The summed E-state index contributed by atoms with van der Waals surface area (Å²) in [7, 11) is 0. The Balaban J connectivity index is 1.87. The fraction of sp³-hybridized carbons (Fsp3) is 0.120. The molecule has 1 N–H and O–H groups in total. The zero-order valence-electron chi connectivity index (χ0n) is 16.5. The van der Waals surface area contributed by atoms with Crippen LogP contribution < -0.4 is 9.64 Å². The number of rotatable bonds is 5.